The second-order valence-electron chi connectivity index (χ2n) is 4.97. The van der Waals surface area contributed by atoms with Gasteiger partial charge in [0, 0.05) is 19.6 Å². The number of amides is 2. The van der Waals surface area contributed by atoms with Gasteiger partial charge in [0.1, 0.15) is 0 Å². The number of likely N-dealkylation sites (tertiary alicyclic amines) is 1. The predicted octanol–water partition coefficient (Wildman–Crippen LogP) is 3.17. The Bertz CT molecular complexity index is 447. The SMILES string of the molecule is O=C(NCc1ccccc1)N1CCCC(C(F)(F)F)C1. The van der Waals surface area contributed by atoms with Crippen LogP contribution in [0.5, 0.6) is 0 Å². The minimum atomic E-state index is -4.22. The molecule has 3 nitrogen and oxygen atoms in total. The Morgan fingerprint density at radius 1 is 1.30 bits per heavy atom. The standard InChI is InChI=1S/C14H17F3N2O/c15-14(16,17)12-7-4-8-19(10-12)13(20)18-9-11-5-2-1-3-6-11/h1-3,5-6,12H,4,7-10H2,(H,18,20). The third kappa shape index (κ3) is 3.88. The van der Waals surface area contributed by atoms with Gasteiger partial charge in [-0.2, -0.15) is 13.2 Å². The zero-order valence-electron chi connectivity index (χ0n) is 11.0. The van der Waals surface area contributed by atoms with Crippen molar-refractivity contribution in [2.75, 3.05) is 13.1 Å². The van der Waals surface area contributed by atoms with E-state index in [0.29, 0.717) is 19.5 Å². The van der Waals surface area contributed by atoms with Gasteiger partial charge >= 0.3 is 12.2 Å². The number of nitrogens with zero attached hydrogens (tertiary/aromatic N) is 1. The summed E-state index contributed by atoms with van der Waals surface area (Å²) >= 11 is 0. The van der Waals surface area contributed by atoms with E-state index < -0.39 is 18.1 Å². The van der Waals surface area contributed by atoms with Gasteiger partial charge in [0.15, 0.2) is 0 Å². The van der Waals surface area contributed by atoms with E-state index in [-0.39, 0.29) is 13.0 Å². The van der Waals surface area contributed by atoms with E-state index in [1.54, 1.807) is 0 Å². The molecule has 1 fully saturated rings. The zero-order chi connectivity index (χ0) is 14.6. The van der Waals surface area contributed by atoms with Crippen LogP contribution in [0, 0.1) is 5.92 Å². The lowest BCUT2D eigenvalue weighted by molar-refractivity contribution is -0.184. The van der Waals surface area contributed by atoms with E-state index in [0.717, 1.165) is 5.56 Å². The molecule has 0 spiro atoms. The van der Waals surface area contributed by atoms with Crippen LogP contribution in [0.2, 0.25) is 0 Å². The Morgan fingerprint density at radius 3 is 2.65 bits per heavy atom. The van der Waals surface area contributed by atoms with Gasteiger partial charge in [-0.05, 0) is 18.4 Å². The molecule has 110 valence electrons. The molecule has 0 bridgehead atoms. The molecule has 2 amide bonds. The van der Waals surface area contributed by atoms with Gasteiger partial charge in [0.2, 0.25) is 0 Å². The fraction of sp³-hybridized carbons (Fsp3) is 0.500. The first kappa shape index (κ1) is 14.7. The molecule has 0 aromatic heterocycles. The molecule has 6 heteroatoms. The molecule has 0 saturated carbocycles. The monoisotopic (exact) mass is 286 g/mol. The Morgan fingerprint density at radius 2 is 2.00 bits per heavy atom. The minimum absolute atomic E-state index is 0.103. The minimum Gasteiger partial charge on any atom is -0.334 e. The fourth-order valence-corrected chi connectivity index (χ4v) is 2.31. The maximum Gasteiger partial charge on any atom is 0.393 e. The second-order valence-corrected chi connectivity index (χ2v) is 4.97. The molecule has 2 rings (SSSR count). The lowest BCUT2D eigenvalue weighted by Gasteiger charge is -2.33. The average Bonchev–Trinajstić information content (AvgIpc) is 2.45. The molecular formula is C14H17F3N2O. The molecule has 0 aliphatic carbocycles. The zero-order valence-corrected chi connectivity index (χ0v) is 11.0. The number of carbonyl (C=O) groups excluding carboxylic acids is 1. The highest BCUT2D eigenvalue weighted by atomic mass is 19.4. The normalized spacial score (nSPS) is 19.8. The van der Waals surface area contributed by atoms with Crippen LogP contribution in [0.15, 0.2) is 30.3 Å². The number of urea groups is 1. The quantitative estimate of drug-likeness (QED) is 0.890. The highest BCUT2D eigenvalue weighted by Gasteiger charge is 2.42. The summed E-state index contributed by atoms with van der Waals surface area (Å²) < 4.78 is 38.0. The number of alkyl halides is 3. The number of rotatable bonds is 2. The number of piperidine rings is 1. The number of hydrogen-bond acceptors (Lipinski definition) is 1. The van der Waals surface area contributed by atoms with Crippen LogP contribution in [0.3, 0.4) is 0 Å². The van der Waals surface area contributed by atoms with Crippen LogP contribution in [0.4, 0.5) is 18.0 Å². The summed E-state index contributed by atoms with van der Waals surface area (Å²) in [6.07, 6.45) is -3.73. The van der Waals surface area contributed by atoms with Gasteiger partial charge in [-0.15, -0.1) is 0 Å². The van der Waals surface area contributed by atoms with Crippen LogP contribution < -0.4 is 5.32 Å². The van der Waals surface area contributed by atoms with Gasteiger partial charge in [-0.3, -0.25) is 0 Å². The average molecular weight is 286 g/mol. The van der Waals surface area contributed by atoms with E-state index in [2.05, 4.69) is 5.32 Å². The van der Waals surface area contributed by atoms with Crippen LogP contribution in [0.1, 0.15) is 18.4 Å². The molecule has 20 heavy (non-hydrogen) atoms. The first-order valence-electron chi connectivity index (χ1n) is 6.60. The number of hydrogen-bond donors (Lipinski definition) is 1. The molecule has 0 radical (unpaired) electrons. The van der Waals surface area contributed by atoms with E-state index in [4.69, 9.17) is 0 Å². The maximum atomic E-state index is 12.7. The van der Waals surface area contributed by atoms with Crippen LogP contribution >= 0.6 is 0 Å². The van der Waals surface area contributed by atoms with Crippen LogP contribution in [0.25, 0.3) is 0 Å². The highest BCUT2D eigenvalue weighted by molar-refractivity contribution is 5.74. The summed E-state index contributed by atoms with van der Waals surface area (Å²) in [5.41, 5.74) is 0.922. The van der Waals surface area contributed by atoms with E-state index in [1.165, 1.54) is 4.90 Å². The predicted molar refractivity (Wildman–Crippen MR) is 69.0 cm³/mol. The summed E-state index contributed by atoms with van der Waals surface area (Å²) in [4.78, 5) is 13.1. The number of halogens is 3. The molecule has 1 aromatic carbocycles. The summed E-state index contributed by atoms with van der Waals surface area (Å²) in [6.45, 7) is 0.462. The number of nitrogens with one attached hydrogen (secondary N) is 1. The van der Waals surface area contributed by atoms with Crippen LogP contribution in [-0.4, -0.2) is 30.2 Å². The van der Waals surface area contributed by atoms with Crippen molar-refractivity contribution < 1.29 is 18.0 Å². The van der Waals surface area contributed by atoms with Crippen molar-refractivity contribution in [1.29, 1.82) is 0 Å². The Balaban J connectivity index is 1.86. The van der Waals surface area contributed by atoms with Gasteiger partial charge in [0.25, 0.3) is 0 Å². The molecule has 1 atom stereocenters. The molecule has 1 aliphatic rings. The van der Waals surface area contributed by atoms with Crippen molar-refractivity contribution in [3.05, 3.63) is 35.9 Å². The summed E-state index contributed by atoms with van der Waals surface area (Å²) in [6, 6.07) is 8.85. The first-order chi connectivity index (χ1) is 9.47. The molecule has 1 aliphatic heterocycles. The molecular weight excluding hydrogens is 269 g/mol. The third-order valence-electron chi connectivity index (χ3n) is 3.46. The van der Waals surface area contributed by atoms with E-state index in [1.807, 2.05) is 30.3 Å². The lowest BCUT2D eigenvalue weighted by atomic mass is 9.98. The molecule has 1 N–H and O–H groups in total. The summed E-state index contributed by atoms with van der Waals surface area (Å²) in [7, 11) is 0. The van der Waals surface area contributed by atoms with Crippen molar-refractivity contribution in [2.45, 2.75) is 25.6 Å². The van der Waals surface area contributed by atoms with Crippen LogP contribution in [-0.2, 0) is 6.54 Å². The van der Waals surface area contributed by atoms with E-state index in [9.17, 15) is 18.0 Å². The third-order valence-corrected chi connectivity index (χ3v) is 3.46. The Hall–Kier alpha value is -1.72. The van der Waals surface area contributed by atoms with Crippen molar-refractivity contribution in [2.24, 2.45) is 5.92 Å². The largest absolute Gasteiger partial charge is 0.393 e. The summed E-state index contributed by atoms with van der Waals surface area (Å²) in [5, 5.41) is 2.66. The molecule has 1 heterocycles. The smallest absolute Gasteiger partial charge is 0.334 e. The highest BCUT2D eigenvalue weighted by Crippen LogP contribution is 2.33. The van der Waals surface area contributed by atoms with E-state index >= 15 is 0 Å². The Labute approximate surface area is 115 Å². The van der Waals surface area contributed by atoms with Crippen molar-refractivity contribution in [3.63, 3.8) is 0 Å². The molecule has 1 saturated heterocycles. The number of carbonyl (C=O) groups is 1. The van der Waals surface area contributed by atoms with Gasteiger partial charge in [-0.25, -0.2) is 4.79 Å². The van der Waals surface area contributed by atoms with Gasteiger partial charge < -0.3 is 10.2 Å². The lowest BCUT2D eigenvalue weighted by Crippen LogP contribution is -2.48. The first-order valence-corrected chi connectivity index (χ1v) is 6.60. The second kappa shape index (κ2) is 6.15. The Kier molecular flexibility index (Phi) is 4.52. The fourth-order valence-electron chi connectivity index (χ4n) is 2.31. The number of benzene rings is 1. The van der Waals surface area contributed by atoms with Gasteiger partial charge in [0.05, 0.1) is 5.92 Å². The van der Waals surface area contributed by atoms with Crippen molar-refractivity contribution in [3.8, 4) is 0 Å². The maximum absolute atomic E-state index is 12.7. The van der Waals surface area contributed by atoms with Crippen molar-refractivity contribution in [1.82, 2.24) is 10.2 Å². The molecule has 1 aromatic rings. The topological polar surface area (TPSA) is 32.3 Å². The van der Waals surface area contributed by atoms with Crippen molar-refractivity contribution >= 4 is 6.03 Å². The summed E-state index contributed by atoms with van der Waals surface area (Å²) in [5.74, 6) is -1.40. The molecule has 1 unspecified atom stereocenters. The van der Waals surface area contributed by atoms with Gasteiger partial charge in [-0.1, -0.05) is 30.3 Å².